The number of benzene rings is 1. The van der Waals surface area contributed by atoms with Crippen molar-refractivity contribution in [1.29, 1.82) is 0 Å². The Morgan fingerprint density at radius 3 is 2.43 bits per heavy atom. The lowest BCUT2D eigenvalue weighted by Crippen LogP contribution is -2.10. The molecule has 1 aromatic carbocycles. The Kier molecular flexibility index (Phi) is 3.21. The van der Waals surface area contributed by atoms with Crippen molar-refractivity contribution in [1.82, 2.24) is 0 Å². The standard InChI is InChI=1S/C11H14F2O/c1-6-4-10(12)8(3)9(11(6)13)5-7(2)14/h4,7,14H,5H2,1-3H3. The van der Waals surface area contributed by atoms with Crippen LogP contribution in [0.2, 0.25) is 0 Å². The lowest BCUT2D eigenvalue weighted by Gasteiger charge is -2.12. The number of hydrogen-bond acceptors (Lipinski definition) is 1. The van der Waals surface area contributed by atoms with Gasteiger partial charge < -0.3 is 5.11 Å². The zero-order valence-corrected chi connectivity index (χ0v) is 8.56. The van der Waals surface area contributed by atoms with Crippen LogP contribution < -0.4 is 0 Å². The van der Waals surface area contributed by atoms with Gasteiger partial charge in [-0.3, -0.25) is 0 Å². The monoisotopic (exact) mass is 200 g/mol. The first kappa shape index (κ1) is 11.1. The van der Waals surface area contributed by atoms with Gasteiger partial charge in [-0.2, -0.15) is 0 Å². The fraction of sp³-hybridized carbons (Fsp3) is 0.455. The van der Waals surface area contributed by atoms with Gasteiger partial charge >= 0.3 is 0 Å². The van der Waals surface area contributed by atoms with E-state index >= 15 is 0 Å². The van der Waals surface area contributed by atoms with Gasteiger partial charge in [0.25, 0.3) is 0 Å². The Balaban J connectivity index is 3.25. The molecule has 1 unspecified atom stereocenters. The molecule has 1 aromatic rings. The largest absolute Gasteiger partial charge is 0.393 e. The van der Waals surface area contributed by atoms with Crippen LogP contribution in [0.15, 0.2) is 6.07 Å². The SMILES string of the molecule is Cc1cc(F)c(C)c(CC(C)O)c1F. The summed E-state index contributed by atoms with van der Waals surface area (Å²) in [6.45, 7) is 4.60. The number of halogens is 2. The zero-order valence-electron chi connectivity index (χ0n) is 8.56. The topological polar surface area (TPSA) is 20.2 Å². The summed E-state index contributed by atoms with van der Waals surface area (Å²) in [5.74, 6) is -0.829. The lowest BCUT2D eigenvalue weighted by atomic mass is 9.99. The Labute approximate surface area is 82.4 Å². The molecule has 0 heterocycles. The third-order valence-electron chi connectivity index (χ3n) is 2.26. The van der Waals surface area contributed by atoms with Crippen LogP contribution in [0.25, 0.3) is 0 Å². The van der Waals surface area contributed by atoms with Gasteiger partial charge in [-0.25, -0.2) is 8.78 Å². The second-order valence-corrected chi connectivity index (χ2v) is 3.65. The van der Waals surface area contributed by atoms with Crippen LogP contribution in [0.3, 0.4) is 0 Å². The average molecular weight is 200 g/mol. The third kappa shape index (κ3) is 2.10. The van der Waals surface area contributed by atoms with E-state index in [-0.39, 0.29) is 23.1 Å². The molecule has 14 heavy (non-hydrogen) atoms. The van der Waals surface area contributed by atoms with Gasteiger partial charge in [0.2, 0.25) is 0 Å². The van der Waals surface area contributed by atoms with E-state index in [0.717, 1.165) is 0 Å². The molecule has 0 radical (unpaired) electrons. The fourth-order valence-corrected chi connectivity index (χ4v) is 1.45. The summed E-state index contributed by atoms with van der Waals surface area (Å²) in [5.41, 5.74) is 0.843. The molecule has 1 N–H and O–H groups in total. The second kappa shape index (κ2) is 4.05. The summed E-state index contributed by atoms with van der Waals surface area (Å²) in [5, 5.41) is 9.15. The summed E-state index contributed by atoms with van der Waals surface area (Å²) in [6.07, 6.45) is -0.514. The van der Waals surface area contributed by atoms with Crippen molar-refractivity contribution in [2.45, 2.75) is 33.3 Å². The minimum absolute atomic E-state index is 0.149. The number of hydrogen-bond donors (Lipinski definition) is 1. The quantitative estimate of drug-likeness (QED) is 0.777. The van der Waals surface area contributed by atoms with Crippen LogP contribution in [0.4, 0.5) is 8.78 Å². The molecule has 78 valence electrons. The van der Waals surface area contributed by atoms with E-state index < -0.39 is 17.7 Å². The lowest BCUT2D eigenvalue weighted by molar-refractivity contribution is 0.193. The van der Waals surface area contributed by atoms with Crippen LogP contribution >= 0.6 is 0 Å². The Morgan fingerprint density at radius 1 is 1.36 bits per heavy atom. The molecule has 0 aromatic heterocycles. The van der Waals surface area contributed by atoms with Crippen LogP contribution in [0.5, 0.6) is 0 Å². The van der Waals surface area contributed by atoms with Gasteiger partial charge in [0, 0.05) is 6.42 Å². The summed E-state index contributed by atoms with van der Waals surface area (Å²) in [6, 6.07) is 1.18. The molecule has 1 atom stereocenters. The first-order valence-corrected chi connectivity index (χ1v) is 4.55. The molecule has 0 aliphatic rings. The summed E-state index contributed by atoms with van der Waals surface area (Å²) in [7, 11) is 0. The maximum absolute atomic E-state index is 13.5. The third-order valence-corrected chi connectivity index (χ3v) is 2.26. The number of aliphatic hydroxyl groups excluding tert-OH is 1. The summed E-state index contributed by atoms with van der Waals surface area (Å²) >= 11 is 0. The Morgan fingerprint density at radius 2 is 1.93 bits per heavy atom. The molecule has 1 rings (SSSR count). The molecule has 0 bridgehead atoms. The van der Waals surface area contributed by atoms with E-state index in [2.05, 4.69) is 0 Å². The van der Waals surface area contributed by atoms with E-state index in [1.54, 1.807) is 6.92 Å². The highest BCUT2D eigenvalue weighted by Gasteiger charge is 2.14. The zero-order chi connectivity index (χ0) is 10.9. The predicted molar refractivity (Wildman–Crippen MR) is 51.2 cm³/mol. The fourth-order valence-electron chi connectivity index (χ4n) is 1.45. The van der Waals surface area contributed by atoms with Gasteiger partial charge in [-0.05, 0) is 43.5 Å². The number of aryl methyl sites for hydroxylation is 1. The van der Waals surface area contributed by atoms with Gasteiger partial charge in [-0.15, -0.1) is 0 Å². The van der Waals surface area contributed by atoms with E-state index in [1.165, 1.54) is 19.9 Å². The highest BCUT2D eigenvalue weighted by Crippen LogP contribution is 2.21. The molecule has 0 saturated carbocycles. The van der Waals surface area contributed by atoms with Crippen LogP contribution in [0, 0.1) is 25.5 Å². The van der Waals surface area contributed by atoms with E-state index in [0.29, 0.717) is 0 Å². The first-order chi connectivity index (χ1) is 6.43. The maximum Gasteiger partial charge on any atom is 0.129 e. The van der Waals surface area contributed by atoms with E-state index in [1.807, 2.05) is 0 Å². The first-order valence-electron chi connectivity index (χ1n) is 4.55. The smallest absolute Gasteiger partial charge is 0.129 e. The summed E-state index contributed by atoms with van der Waals surface area (Å²) in [4.78, 5) is 0. The molecule has 0 saturated heterocycles. The molecule has 0 aliphatic carbocycles. The van der Waals surface area contributed by atoms with Gasteiger partial charge in [0.1, 0.15) is 11.6 Å². The Hall–Kier alpha value is -0.960. The van der Waals surface area contributed by atoms with Crippen LogP contribution in [-0.2, 0) is 6.42 Å². The van der Waals surface area contributed by atoms with Crippen molar-refractivity contribution in [3.05, 3.63) is 34.4 Å². The molecule has 0 amide bonds. The van der Waals surface area contributed by atoms with Crippen molar-refractivity contribution < 1.29 is 13.9 Å². The highest BCUT2D eigenvalue weighted by atomic mass is 19.1. The van der Waals surface area contributed by atoms with Gasteiger partial charge in [-0.1, -0.05) is 0 Å². The molecule has 1 nitrogen and oxygen atoms in total. The molecule has 3 heteroatoms. The van der Waals surface area contributed by atoms with Gasteiger partial charge in [0.15, 0.2) is 0 Å². The second-order valence-electron chi connectivity index (χ2n) is 3.65. The molecular weight excluding hydrogens is 186 g/mol. The number of rotatable bonds is 2. The summed E-state index contributed by atoms with van der Waals surface area (Å²) < 4.78 is 26.7. The minimum Gasteiger partial charge on any atom is -0.393 e. The van der Waals surface area contributed by atoms with Gasteiger partial charge in [0.05, 0.1) is 6.10 Å². The van der Waals surface area contributed by atoms with Crippen LogP contribution in [-0.4, -0.2) is 11.2 Å². The molecule has 0 fully saturated rings. The van der Waals surface area contributed by atoms with Crippen molar-refractivity contribution >= 4 is 0 Å². The van der Waals surface area contributed by atoms with Crippen molar-refractivity contribution in [3.8, 4) is 0 Å². The maximum atomic E-state index is 13.5. The number of aliphatic hydroxyl groups is 1. The van der Waals surface area contributed by atoms with E-state index in [9.17, 15) is 8.78 Å². The molecular formula is C11H14F2O. The molecule has 0 spiro atoms. The highest BCUT2D eigenvalue weighted by molar-refractivity contribution is 5.34. The predicted octanol–water partition coefficient (Wildman–Crippen LogP) is 2.50. The Bertz CT molecular complexity index is 319. The average Bonchev–Trinajstić information content (AvgIpc) is 2.09. The normalized spacial score (nSPS) is 13.0. The van der Waals surface area contributed by atoms with Crippen LogP contribution in [0.1, 0.15) is 23.6 Å². The molecule has 0 aliphatic heterocycles. The van der Waals surface area contributed by atoms with Crippen molar-refractivity contribution in [2.75, 3.05) is 0 Å². The minimum atomic E-state index is -0.663. The van der Waals surface area contributed by atoms with E-state index in [4.69, 9.17) is 5.11 Å². The van der Waals surface area contributed by atoms with Crippen molar-refractivity contribution in [2.24, 2.45) is 0 Å². The van der Waals surface area contributed by atoms with Crippen molar-refractivity contribution in [3.63, 3.8) is 0 Å².